The Kier molecular flexibility index (Phi) is 5.61. The van der Waals surface area contributed by atoms with Crippen LogP contribution in [0.1, 0.15) is 22.8 Å². The number of ether oxygens (including phenoxy) is 1. The summed E-state index contributed by atoms with van der Waals surface area (Å²) in [5.74, 6) is -0.743. The highest BCUT2D eigenvalue weighted by Gasteiger charge is 2.32. The van der Waals surface area contributed by atoms with E-state index >= 15 is 0 Å². The van der Waals surface area contributed by atoms with Gasteiger partial charge in [-0.2, -0.15) is 0 Å². The highest BCUT2D eigenvalue weighted by molar-refractivity contribution is 8.18. The first-order valence-corrected chi connectivity index (χ1v) is 9.09. The summed E-state index contributed by atoms with van der Waals surface area (Å²) in [6, 6.07) is 13.6. The van der Waals surface area contributed by atoms with Gasteiger partial charge in [-0.05, 0) is 48.5 Å². The van der Waals surface area contributed by atoms with E-state index in [1.165, 1.54) is 23.9 Å². The Morgan fingerprint density at radius 2 is 2.04 bits per heavy atom. The summed E-state index contributed by atoms with van der Waals surface area (Å²) in [6.07, 6.45) is 1.77. The molecule has 1 heterocycles. The van der Waals surface area contributed by atoms with Crippen molar-refractivity contribution in [3.63, 3.8) is 0 Å². The molecule has 138 valence electrons. The third kappa shape index (κ3) is 4.03. The van der Waals surface area contributed by atoms with Gasteiger partial charge in [0, 0.05) is 12.1 Å². The van der Waals surface area contributed by atoms with Crippen molar-refractivity contribution in [2.75, 3.05) is 13.7 Å². The van der Waals surface area contributed by atoms with Crippen LogP contribution in [0.4, 0.5) is 5.69 Å². The minimum absolute atomic E-state index is 0.0407. The van der Waals surface area contributed by atoms with Gasteiger partial charge in [-0.1, -0.05) is 30.3 Å². The quantitative estimate of drug-likeness (QED) is 0.744. The van der Waals surface area contributed by atoms with E-state index in [9.17, 15) is 14.7 Å². The third-order valence-corrected chi connectivity index (χ3v) is 4.94. The molecule has 0 atom stereocenters. The van der Waals surface area contributed by atoms with Gasteiger partial charge in [0.05, 0.1) is 23.7 Å². The van der Waals surface area contributed by atoms with E-state index < -0.39 is 5.97 Å². The predicted molar refractivity (Wildman–Crippen MR) is 104 cm³/mol. The minimum Gasteiger partial charge on any atom is -0.545 e. The molecule has 6 nitrogen and oxygen atoms in total. The Labute approximate surface area is 161 Å². The van der Waals surface area contributed by atoms with Crippen LogP contribution in [0.2, 0.25) is 0 Å². The molecule has 7 heteroatoms. The lowest BCUT2D eigenvalue weighted by molar-refractivity contribution is -0.255. The normalized spacial score (nSPS) is 17.0. The molecule has 0 spiro atoms. The number of hydrogen-bond donors (Lipinski definition) is 0. The summed E-state index contributed by atoms with van der Waals surface area (Å²) in [7, 11) is 1.58. The van der Waals surface area contributed by atoms with Crippen molar-refractivity contribution in [2.45, 2.75) is 6.92 Å². The molecule has 0 aliphatic carbocycles. The second-order valence-electron chi connectivity index (χ2n) is 5.63. The average molecular weight is 381 g/mol. The van der Waals surface area contributed by atoms with Crippen molar-refractivity contribution in [1.82, 2.24) is 4.90 Å². The lowest BCUT2D eigenvalue weighted by Crippen LogP contribution is -2.28. The number of nitrogens with zero attached hydrogens (tertiary/aromatic N) is 2. The molecule has 1 aliphatic heterocycles. The van der Waals surface area contributed by atoms with E-state index in [0.29, 0.717) is 28.1 Å². The van der Waals surface area contributed by atoms with Crippen LogP contribution in [0, 0.1) is 0 Å². The minimum atomic E-state index is -1.27. The number of carboxylic acid groups (broad SMARTS) is 1. The zero-order valence-corrected chi connectivity index (χ0v) is 15.7. The van der Waals surface area contributed by atoms with Crippen LogP contribution < -0.4 is 9.84 Å². The first-order chi connectivity index (χ1) is 13.0. The molecule has 1 amide bonds. The van der Waals surface area contributed by atoms with Gasteiger partial charge in [-0.25, -0.2) is 4.99 Å². The molecular weight excluding hydrogens is 364 g/mol. The fourth-order valence-corrected chi connectivity index (χ4v) is 3.66. The molecule has 0 aromatic heterocycles. The largest absolute Gasteiger partial charge is 0.545 e. The van der Waals surface area contributed by atoms with Gasteiger partial charge in [-0.3, -0.25) is 9.69 Å². The maximum absolute atomic E-state index is 12.7. The molecular formula is C20H17N2O4S-. The van der Waals surface area contributed by atoms with Gasteiger partial charge in [0.15, 0.2) is 5.17 Å². The standard InChI is InChI=1S/C20H18N2O4S/c1-3-22-18(23)17(12-13-7-4-5-10-16(13)26-2)27-20(22)21-15-9-6-8-14(11-15)19(24)25/h4-12H,3H2,1-2H3,(H,24,25)/p-1/b17-12+,21-20?. The molecule has 2 aromatic carbocycles. The third-order valence-electron chi connectivity index (χ3n) is 3.94. The summed E-state index contributed by atoms with van der Waals surface area (Å²) in [5.41, 5.74) is 1.29. The number of amidine groups is 1. The number of aliphatic imine (C=N–C) groups is 1. The van der Waals surface area contributed by atoms with Gasteiger partial charge in [0.1, 0.15) is 5.75 Å². The van der Waals surface area contributed by atoms with Crippen molar-refractivity contribution in [3.8, 4) is 5.75 Å². The van der Waals surface area contributed by atoms with Gasteiger partial charge in [0.2, 0.25) is 0 Å². The number of para-hydroxylation sites is 1. The van der Waals surface area contributed by atoms with Gasteiger partial charge >= 0.3 is 0 Å². The number of methoxy groups -OCH3 is 1. The monoisotopic (exact) mass is 381 g/mol. The van der Waals surface area contributed by atoms with Gasteiger partial charge in [-0.15, -0.1) is 0 Å². The maximum atomic E-state index is 12.7. The molecule has 0 N–H and O–H groups in total. The predicted octanol–water partition coefficient (Wildman–Crippen LogP) is 2.68. The van der Waals surface area contributed by atoms with Crippen molar-refractivity contribution >= 4 is 40.6 Å². The zero-order valence-electron chi connectivity index (χ0n) is 14.8. The van der Waals surface area contributed by atoms with E-state index in [1.54, 1.807) is 30.2 Å². The van der Waals surface area contributed by atoms with Crippen molar-refractivity contribution in [1.29, 1.82) is 0 Å². The van der Waals surface area contributed by atoms with Crippen LogP contribution in [0.25, 0.3) is 6.08 Å². The summed E-state index contributed by atoms with van der Waals surface area (Å²) in [6.45, 7) is 2.31. The molecule has 1 fully saturated rings. The lowest BCUT2D eigenvalue weighted by Gasteiger charge is -2.12. The average Bonchev–Trinajstić information content (AvgIpc) is 2.96. The highest BCUT2D eigenvalue weighted by atomic mass is 32.2. The smallest absolute Gasteiger partial charge is 0.266 e. The molecule has 0 saturated carbocycles. The first-order valence-electron chi connectivity index (χ1n) is 8.28. The first kappa shape index (κ1) is 18.7. The van der Waals surface area contributed by atoms with Crippen LogP contribution in [-0.4, -0.2) is 35.6 Å². The van der Waals surface area contributed by atoms with Crippen molar-refractivity contribution in [3.05, 3.63) is 64.6 Å². The van der Waals surface area contributed by atoms with Gasteiger partial charge < -0.3 is 14.6 Å². The van der Waals surface area contributed by atoms with E-state index in [4.69, 9.17) is 4.74 Å². The number of likely N-dealkylation sites (N-methyl/N-ethyl adjacent to an activating group) is 1. The topological polar surface area (TPSA) is 82.0 Å². The van der Waals surface area contributed by atoms with Crippen LogP contribution >= 0.6 is 11.8 Å². The number of carbonyl (C=O) groups excluding carboxylic acids is 2. The molecule has 27 heavy (non-hydrogen) atoms. The lowest BCUT2D eigenvalue weighted by atomic mass is 10.2. The summed E-state index contributed by atoms with van der Waals surface area (Å²) >= 11 is 1.24. The fourth-order valence-electron chi connectivity index (χ4n) is 2.61. The summed E-state index contributed by atoms with van der Waals surface area (Å²) in [5, 5.41) is 11.5. The highest BCUT2D eigenvalue weighted by Crippen LogP contribution is 2.35. The van der Waals surface area contributed by atoms with Crippen LogP contribution in [0.15, 0.2) is 58.4 Å². The number of carboxylic acids is 1. The molecule has 1 saturated heterocycles. The number of rotatable bonds is 5. The van der Waals surface area contributed by atoms with E-state index in [0.717, 1.165) is 5.56 Å². The Morgan fingerprint density at radius 3 is 2.74 bits per heavy atom. The van der Waals surface area contributed by atoms with Gasteiger partial charge in [0.25, 0.3) is 5.91 Å². The van der Waals surface area contributed by atoms with Crippen molar-refractivity contribution in [2.24, 2.45) is 4.99 Å². The summed E-state index contributed by atoms with van der Waals surface area (Å²) < 4.78 is 5.33. The van der Waals surface area contributed by atoms with Crippen LogP contribution in [-0.2, 0) is 4.79 Å². The van der Waals surface area contributed by atoms with E-state index in [2.05, 4.69) is 4.99 Å². The second kappa shape index (κ2) is 8.09. The number of carbonyl (C=O) groups is 2. The number of aromatic carboxylic acids is 1. The molecule has 0 unspecified atom stereocenters. The number of amides is 1. The van der Waals surface area contributed by atoms with Crippen LogP contribution in [0.5, 0.6) is 5.75 Å². The molecule has 2 aromatic rings. The zero-order chi connectivity index (χ0) is 19.4. The molecule has 1 aliphatic rings. The molecule has 0 radical (unpaired) electrons. The number of benzene rings is 2. The SMILES string of the molecule is CCN1C(=O)/C(=C\c2ccccc2OC)SC1=Nc1cccc(C(=O)[O-])c1. The van der Waals surface area contributed by atoms with E-state index in [1.807, 2.05) is 31.2 Å². The number of thioether (sulfide) groups is 1. The van der Waals surface area contributed by atoms with Crippen molar-refractivity contribution < 1.29 is 19.4 Å². The van der Waals surface area contributed by atoms with Crippen LogP contribution in [0.3, 0.4) is 0 Å². The van der Waals surface area contributed by atoms with E-state index in [-0.39, 0.29) is 11.5 Å². The molecule has 3 rings (SSSR count). The fraction of sp³-hybridized carbons (Fsp3) is 0.150. The molecule has 0 bridgehead atoms. The Balaban J connectivity index is 1.96. The Hall–Kier alpha value is -3.06. The Morgan fingerprint density at radius 1 is 1.26 bits per heavy atom. The Bertz CT molecular complexity index is 953. The number of hydrogen-bond acceptors (Lipinski definition) is 6. The second-order valence-corrected chi connectivity index (χ2v) is 6.64. The maximum Gasteiger partial charge on any atom is 0.266 e. The summed E-state index contributed by atoms with van der Waals surface area (Å²) in [4.78, 5) is 30.3.